The number of hydrogen-bond acceptors (Lipinski definition) is 6. The van der Waals surface area contributed by atoms with Crippen LogP contribution in [0, 0.1) is 17.2 Å². The van der Waals surface area contributed by atoms with Crippen LogP contribution >= 0.6 is 0 Å². The van der Waals surface area contributed by atoms with E-state index in [0.717, 1.165) is 0 Å². The van der Waals surface area contributed by atoms with Gasteiger partial charge in [0.15, 0.2) is 5.82 Å². The van der Waals surface area contributed by atoms with Crippen molar-refractivity contribution in [2.75, 3.05) is 18.6 Å². The molecular formula is C11H10N4O3. The van der Waals surface area contributed by atoms with Crippen molar-refractivity contribution in [3.05, 3.63) is 18.1 Å². The van der Waals surface area contributed by atoms with Crippen molar-refractivity contribution in [2.45, 2.75) is 6.42 Å². The second kappa shape index (κ2) is 4.79. The van der Waals surface area contributed by atoms with E-state index in [-0.39, 0.29) is 30.3 Å². The summed E-state index contributed by atoms with van der Waals surface area (Å²) in [5.74, 6) is -0.952. The number of rotatable bonds is 2. The Balaban J connectivity index is 2.28. The van der Waals surface area contributed by atoms with E-state index in [1.807, 2.05) is 6.07 Å². The zero-order valence-electron chi connectivity index (χ0n) is 9.66. The Hall–Kier alpha value is -2.49. The van der Waals surface area contributed by atoms with Crippen molar-refractivity contribution >= 4 is 17.7 Å². The molecule has 0 aromatic carbocycles. The predicted octanol–water partition coefficient (Wildman–Crippen LogP) is -0.126. The predicted molar refractivity (Wildman–Crippen MR) is 59.2 cm³/mol. The van der Waals surface area contributed by atoms with Gasteiger partial charge in [-0.15, -0.1) is 0 Å². The maximum absolute atomic E-state index is 11.8. The Morgan fingerprint density at radius 3 is 3.11 bits per heavy atom. The van der Waals surface area contributed by atoms with Crippen LogP contribution in [0.2, 0.25) is 0 Å². The molecule has 0 saturated carbocycles. The molecule has 2 heterocycles. The Morgan fingerprint density at radius 2 is 2.44 bits per heavy atom. The average molecular weight is 246 g/mol. The van der Waals surface area contributed by atoms with E-state index < -0.39 is 11.9 Å². The van der Waals surface area contributed by atoms with Crippen LogP contribution in [0.15, 0.2) is 12.5 Å². The first-order valence-corrected chi connectivity index (χ1v) is 5.25. The zero-order valence-corrected chi connectivity index (χ0v) is 9.66. The summed E-state index contributed by atoms with van der Waals surface area (Å²) < 4.78 is 4.61. The Morgan fingerprint density at radius 1 is 1.67 bits per heavy atom. The molecule has 7 heteroatoms. The molecule has 0 aliphatic carbocycles. The summed E-state index contributed by atoms with van der Waals surface area (Å²) in [7, 11) is 1.28. The van der Waals surface area contributed by atoms with Crippen LogP contribution in [0.1, 0.15) is 12.0 Å². The first-order chi connectivity index (χ1) is 8.67. The molecule has 1 saturated heterocycles. The van der Waals surface area contributed by atoms with Crippen LogP contribution in [-0.2, 0) is 14.3 Å². The van der Waals surface area contributed by atoms with Gasteiger partial charge >= 0.3 is 5.97 Å². The fourth-order valence-electron chi connectivity index (χ4n) is 1.85. The van der Waals surface area contributed by atoms with Gasteiger partial charge in [-0.05, 0) is 0 Å². The second-order valence-corrected chi connectivity index (χ2v) is 3.80. The number of ether oxygens (including phenoxy) is 1. The standard InChI is InChI=1S/C11H10N4O3/c1-18-11(17)7-2-9(16)15(5-7)10-8(3-12)4-13-6-14-10/h4,6-7H,2,5H2,1H3. The van der Waals surface area contributed by atoms with Crippen LogP contribution in [0.5, 0.6) is 0 Å². The van der Waals surface area contributed by atoms with E-state index >= 15 is 0 Å². The van der Waals surface area contributed by atoms with Crippen molar-refractivity contribution < 1.29 is 14.3 Å². The molecule has 1 aromatic rings. The minimum absolute atomic E-state index is 0.0710. The molecule has 0 radical (unpaired) electrons. The number of carbonyl (C=O) groups excluding carboxylic acids is 2. The summed E-state index contributed by atoms with van der Waals surface area (Å²) in [6.07, 6.45) is 2.66. The normalized spacial score (nSPS) is 18.6. The van der Waals surface area contributed by atoms with Crippen LogP contribution in [0.3, 0.4) is 0 Å². The van der Waals surface area contributed by atoms with Gasteiger partial charge in [0.2, 0.25) is 5.91 Å². The van der Waals surface area contributed by atoms with Gasteiger partial charge in [-0.1, -0.05) is 0 Å². The largest absolute Gasteiger partial charge is 0.469 e. The summed E-state index contributed by atoms with van der Waals surface area (Å²) in [5, 5.41) is 8.93. The highest BCUT2D eigenvalue weighted by atomic mass is 16.5. The molecule has 1 unspecified atom stereocenters. The molecule has 1 amide bonds. The minimum atomic E-state index is -0.510. The third-order valence-corrected chi connectivity index (χ3v) is 2.73. The maximum Gasteiger partial charge on any atom is 0.311 e. The lowest BCUT2D eigenvalue weighted by atomic mass is 10.1. The fraction of sp³-hybridized carbons (Fsp3) is 0.364. The lowest BCUT2D eigenvalue weighted by molar-refractivity contribution is -0.145. The summed E-state index contributed by atoms with van der Waals surface area (Å²) in [4.78, 5) is 32.2. The number of anilines is 1. The number of esters is 1. The first-order valence-electron chi connectivity index (χ1n) is 5.25. The molecule has 0 spiro atoms. The SMILES string of the molecule is COC(=O)C1CC(=O)N(c2ncncc2C#N)C1. The molecule has 92 valence electrons. The van der Waals surface area contributed by atoms with Crippen molar-refractivity contribution in [3.8, 4) is 6.07 Å². The summed E-state index contributed by atoms with van der Waals surface area (Å²) in [6.45, 7) is 0.178. The van der Waals surface area contributed by atoms with E-state index in [1.54, 1.807) is 0 Å². The van der Waals surface area contributed by atoms with E-state index in [0.29, 0.717) is 0 Å². The summed E-state index contributed by atoms with van der Waals surface area (Å²) in [5.41, 5.74) is 0.205. The van der Waals surface area contributed by atoms with Gasteiger partial charge in [-0.2, -0.15) is 5.26 Å². The number of nitrogens with zero attached hydrogens (tertiary/aromatic N) is 4. The van der Waals surface area contributed by atoms with Gasteiger partial charge in [0.25, 0.3) is 0 Å². The van der Waals surface area contributed by atoms with Crippen LogP contribution in [-0.4, -0.2) is 35.5 Å². The highest BCUT2D eigenvalue weighted by Gasteiger charge is 2.37. The highest BCUT2D eigenvalue weighted by molar-refractivity contribution is 5.99. The van der Waals surface area contributed by atoms with Crippen molar-refractivity contribution in [2.24, 2.45) is 5.92 Å². The minimum Gasteiger partial charge on any atom is -0.469 e. The zero-order chi connectivity index (χ0) is 13.1. The molecule has 1 aliphatic heterocycles. The first kappa shape index (κ1) is 12.0. The number of hydrogen-bond donors (Lipinski definition) is 0. The summed E-state index contributed by atoms with van der Waals surface area (Å²) >= 11 is 0. The molecule has 1 aliphatic rings. The monoisotopic (exact) mass is 246 g/mol. The van der Waals surface area contributed by atoms with Crippen LogP contribution in [0.25, 0.3) is 0 Å². The molecule has 0 bridgehead atoms. The highest BCUT2D eigenvalue weighted by Crippen LogP contribution is 2.25. The van der Waals surface area contributed by atoms with E-state index in [4.69, 9.17) is 5.26 Å². The third kappa shape index (κ3) is 2.00. The molecule has 18 heavy (non-hydrogen) atoms. The van der Waals surface area contributed by atoms with Crippen molar-refractivity contribution in [1.29, 1.82) is 5.26 Å². The molecule has 0 N–H and O–H groups in total. The number of amides is 1. The number of aromatic nitrogens is 2. The van der Waals surface area contributed by atoms with Gasteiger partial charge in [0.1, 0.15) is 18.0 Å². The van der Waals surface area contributed by atoms with Gasteiger partial charge in [-0.25, -0.2) is 9.97 Å². The smallest absolute Gasteiger partial charge is 0.311 e. The van der Waals surface area contributed by atoms with Gasteiger partial charge < -0.3 is 4.74 Å². The molecule has 2 rings (SSSR count). The quantitative estimate of drug-likeness (QED) is 0.674. The van der Waals surface area contributed by atoms with Crippen molar-refractivity contribution in [3.63, 3.8) is 0 Å². The number of nitriles is 1. The maximum atomic E-state index is 11.8. The second-order valence-electron chi connectivity index (χ2n) is 3.80. The third-order valence-electron chi connectivity index (χ3n) is 2.73. The average Bonchev–Trinajstić information content (AvgIpc) is 2.79. The van der Waals surface area contributed by atoms with Gasteiger partial charge in [0, 0.05) is 13.0 Å². The summed E-state index contributed by atoms with van der Waals surface area (Å²) in [6, 6.07) is 1.92. The Kier molecular flexibility index (Phi) is 3.19. The topological polar surface area (TPSA) is 96.2 Å². The molecular weight excluding hydrogens is 236 g/mol. The number of carbonyl (C=O) groups is 2. The lowest BCUT2D eigenvalue weighted by Gasteiger charge is -2.15. The molecule has 7 nitrogen and oxygen atoms in total. The fourth-order valence-corrected chi connectivity index (χ4v) is 1.85. The molecule has 1 aromatic heterocycles. The van der Waals surface area contributed by atoms with Gasteiger partial charge in [-0.3, -0.25) is 14.5 Å². The van der Waals surface area contributed by atoms with Crippen LogP contribution in [0.4, 0.5) is 5.82 Å². The van der Waals surface area contributed by atoms with Crippen molar-refractivity contribution in [1.82, 2.24) is 9.97 Å². The Labute approximate surface area is 103 Å². The molecule has 1 fully saturated rings. The van der Waals surface area contributed by atoms with E-state index in [9.17, 15) is 9.59 Å². The van der Waals surface area contributed by atoms with Crippen LogP contribution < -0.4 is 4.90 Å². The molecule has 1 atom stereocenters. The van der Waals surface area contributed by atoms with E-state index in [2.05, 4.69) is 14.7 Å². The van der Waals surface area contributed by atoms with E-state index in [1.165, 1.54) is 24.5 Å². The lowest BCUT2D eigenvalue weighted by Crippen LogP contribution is -2.27. The van der Waals surface area contributed by atoms with Gasteiger partial charge in [0.05, 0.1) is 19.2 Å². The number of methoxy groups -OCH3 is 1. The Bertz CT molecular complexity index is 537.